The summed E-state index contributed by atoms with van der Waals surface area (Å²) in [4.78, 5) is 13.1. The Morgan fingerprint density at radius 1 is 0.564 bits per heavy atom. The molecule has 3 heteroatoms. The van der Waals surface area contributed by atoms with Crippen molar-refractivity contribution in [2.24, 2.45) is 0 Å². The number of carbonyl (C=O) groups is 1. The van der Waals surface area contributed by atoms with Crippen LogP contribution in [0.25, 0.3) is 0 Å². The molecule has 0 radical (unpaired) electrons. The largest absolute Gasteiger partial charge is 0.461 e. The second-order valence-corrected chi connectivity index (χ2v) is 14.3. The normalized spacial score (nSPS) is 16.8. The molecule has 0 aromatic heterocycles. The van der Waals surface area contributed by atoms with Crippen LogP contribution in [0, 0.1) is 0 Å². The number of hydrogen-bond donors (Lipinski definition) is 0. The van der Waals surface area contributed by atoms with Gasteiger partial charge < -0.3 is 4.74 Å². The summed E-state index contributed by atoms with van der Waals surface area (Å²) in [5, 5.41) is 3.96. The van der Waals surface area contributed by atoms with Gasteiger partial charge in [-0.05, 0) is 39.2 Å². The lowest BCUT2D eigenvalue weighted by Gasteiger charge is -2.48. The van der Waals surface area contributed by atoms with Crippen molar-refractivity contribution in [1.82, 2.24) is 0 Å². The average molecular weight is 525 g/mol. The SMILES string of the molecule is O=C1CCC(c2ccccc2)(c2ccccc2)C(C[Si](c2ccccc2)(c2ccccc2)c2ccccc2)O1. The molecule has 5 aromatic rings. The fourth-order valence-corrected chi connectivity index (χ4v) is 11.6. The molecule has 1 heterocycles. The third-order valence-electron chi connectivity index (χ3n) is 8.42. The van der Waals surface area contributed by atoms with Gasteiger partial charge in [-0.1, -0.05) is 152 Å². The first-order chi connectivity index (χ1) is 19.2. The van der Waals surface area contributed by atoms with Crippen LogP contribution in [-0.4, -0.2) is 20.1 Å². The number of esters is 1. The quantitative estimate of drug-likeness (QED) is 0.152. The van der Waals surface area contributed by atoms with E-state index in [1.54, 1.807) is 0 Å². The maximum Gasteiger partial charge on any atom is 0.306 e. The predicted molar refractivity (Wildman–Crippen MR) is 162 cm³/mol. The molecule has 0 aliphatic carbocycles. The molecule has 1 aliphatic heterocycles. The molecule has 1 fully saturated rings. The Bertz CT molecular complexity index is 1370. The molecule has 1 atom stereocenters. The zero-order chi connectivity index (χ0) is 26.5. The lowest BCUT2D eigenvalue weighted by Crippen LogP contribution is -2.70. The van der Waals surface area contributed by atoms with Crippen molar-refractivity contribution in [3.8, 4) is 0 Å². The molecular formula is C36H32O2Si. The van der Waals surface area contributed by atoms with Crippen molar-refractivity contribution in [3.05, 3.63) is 163 Å². The standard InChI is InChI=1S/C36H32O2Si/c37-35-26-27-36(29-16-6-1-7-17-29,30-18-8-2-9-19-30)34(38-35)28-39(31-20-10-3-11-21-31,32-22-12-4-13-23-32)33-24-14-5-15-25-33/h1-25,34H,26-28H2. The Hall–Kier alpha value is -4.21. The van der Waals surface area contributed by atoms with Gasteiger partial charge in [0.05, 0.1) is 5.41 Å². The molecular weight excluding hydrogens is 492 g/mol. The second-order valence-electron chi connectivity index (χ2n) is 10.4. The van der Waals surface area contributed by atoms with Gasteiger partial charge in [0.2, 0.25) is 0 Å². The zero-order valence-corrected chi connectivity index (χ0v) is 22.9. The van der Waals surface area contributed by atoms with E-state index in [9.17, 15) is 4.79 Å². The van der Waals surface area contributed by atoms with Gasteiger partial charge in [-0.2, -0.15) is 0 Å². The topological polar surface area (TPSA) is 26.3 Å². The van der Waals surface area contributed by atoms with Crippen LogP contribution in [0.1, 0.15) is 24.0 Å². The van der Waals surface area contributed by atoms with Gasteiger partial charge in [0.25, 0.3) is 0 Å². The number of hydrogen-bond acceptors (Lipinski definition) is 2. The molecule has 2 nitrogen and oxygen atoms in total. The number of ether oxygens (including phenoxy) is 1. The second kappa shape index (κ2) is 10.9. The van der Waals surface area contributed by atoms with E-state index in [1.165, 1.54) is 26.7 Å². The lowest BCUT2D eigenvalue weighted by molar-refractivity contribution is -0.157. The van der Waals surface area contributed by atoms with Crippen molar-refractivity contribution < 1.29 is 9.53 Å². The van der Waals surface area contributed by atoms with Crippen LogP contribution in [0.2, 0.25) is 6.04 Å². The van der Waals surface area contributed by atoms with E-state index in [2.05, 4.69) is 152 Å². The van der Waals surface area contributed by atoms with Crippen molar-refractivity contribution >= 4 is 29.6 Å². The summed E-state index contributed by atoms with van der Waals surface area (Å²) in [7, 11) is -2.67. The summed E-state index contributed by atoms with van der Waals surface area (Å²) in [5.74, 6) is -0.112. The van der Waals surface area contributed by atoms with Crippen molar-refractivity contribution in [1.29, 1.82) is 0 Å². The molecule has 6 rings (SSSR count). The third-order valence-corrected chi connectivity index (χ3v) is 13.4. The maximum atomic E-state index is 13.1. The first-order valence-electron chi connectivity index (χ1n) is 13.7. The molecule has 192 valence electrons. The monoisotopic (exact) mass is 524 g/mol. The minimum absolute atomic E-state index is 0.112. The van der Waals surface area contributed by atoms with Gasteiger partial charge in [0, 0.05) is 6.42 Å². The van der Waals surface area contributed by atoms with Gasteiger partial charge in [0.15, 0.2) is 8.07 Å². The average Bonchev–Trinajstić information content (AvgIpc) is 3.02. The van der Waals surface area contributed by atoms with Crippen LogP contribution < -0.4 is 15.6 Å². The van der Waals surface area contributed by atoms with E-state index in [1.807, 2.05) is 0 Å². The van der Waals surface area contributed by atoms with Crippen LogP contribution in [0.5, 0.6) is 0 Å². The van der Waals surface area contributed by atoms with Crippen LogP contribution in [0.15, 0.2) is 152 Å². The Morgan fingerprint density at radius 3 is 1.31 bits per heavy atom. The van der Waals surface area contributed by atoms with Crippen LogP contribution in [0.3, 0.4) is 0 Å². The van der Waals surface area contributed by atoms with E-state index in [0.717, 1.165) is 6.04 Å². The highest BCUT2D eigenvalue weighted by atomic mass is 28.3. The molecule has 0 bridgehead atoms. The van der Waals surface area contributed by atoms with E-state index in [4.69, 9.17) is 4.74 Å². The lowest BCUT2D eigenvalue weighted by atomic mass is 9.66. The Balaban J connectivity index is 1.63. The smallest absolute Gasteiger partial charge is 0.306 e. The molecule has 5 aromatic carbocycles. The van der Waals surface area contributed by atoms with E-state index >= 15 is 0 Å². The summed E-state index contributed by atoms with van der Waals surface area (Å²) in [5.41, 5.74) is 1.95. The Kier molecular flexibility index (Phi) is 7.00. The van der Waals surface area contributed by atoms with E-state index in [0.29, 0.717) is 12.8 Å². The summed E-state index contributed by atoms with van der Waals surface area (Å²) in [6.45, 7) is 0. The number of carbonyl (C=O) groups excluding carboxylic acids is 1. The number of rotatable bonds is 7. The summed E-state index contributed by atoms with van der Waals surface area (Å²) >= 11 is 0. The summed E-state index contributed by atoms with van der Waals surface area (Å²) < 4.78 is 6.53. The molecule has 0 spiro atoms. The van der Waals surface area contributed by atoms with Gasteiger partial charge >= 0.3 is 5.97 Å². The first-order valence-corrected chi connectivity index (χ1v) is 15.9. The molecule has 0 amide bonds. The molecule has 1 unspecified atom stereocenters. The number of cyclic esters (lactones) is 1. The zero-order valence-electron chi connectivity index (χ0n) is 21.9. The van der Waals surface area contributed by atoms with Gasteiger partial charge in [-0.3, -0.25) is 4.79 Å². The van der Waals surface area contributed by atoms with E-state index in [-0.39, 0.29) is 12.1 Å². The molecule has 0 N–H and O–H groups in total. The highest BCUT2D eigenvalue weighted by Gasteiger charge is 2.53. The predicted octanol–water partition coefficient (Wildman–Crippen LogP) is 5.85. The highest BCUT2D eigenvalue weighted by molar-refractivity contribution is 7.11. The number of benzene rings is 5. The third kappa shape index (κ3) is 4.53. The first kappa shape index (κ1) is 25.1. The minimum Gasteiger partial charge on any atom is -0.461 e. The Morgan fingerprint density at radius 2 is 0.923 bits per heavy atom. The van der Waals surface area contributed by atoms with Gasteiger partial charge in [-0.25, -0.2) is 0 Å². The van der Waals surface area contributed by atoms with Crippen molar-refractivity contribution in [2.45, 2.75) is 30.4 Å². The van der Waals surface area contributed by atoms with Crippen LogP contribution in [0.4, 0.5) is 0 Å². The maximum absolute atomic E-state index is 13.1. The Labute approximate surface area is 231 Å². The van der Waals surface area contributed by atoms with Crippen molar-refractivity contribution in [2.75, 3.05) is 0 Å². The van der Waals surface area contributed by atoms with E-state index < -0.39 is 13.5 Å². The molecule has 39 heavy (non-hydrogen) atoms. The minimum atomic E-state index is -2.67. The molecule has 0 saturated carbocycles. The summed E-state index contributed by atoms with van der Waals surface area (Å²) in [6.07, 6.45) is 0.778. The van der Waals surface area contributed by atoms with Crippen LogP contribution >= 0.6 is 0 Å². The van der Waals surface area contributed by atoms with Crippen LogP contribution in [-0.2, 0) is 14.9 Å². The summed E-state index contributed by atoms with van der Waals surface area (Å²) in [6, 6.07) is 54.7. The molecule has 1 aliphatic rings. The molecule has 1 saturated heterocycles. The van der Waals surface area contributed by atoms with Gasteiger partial charge in [0.1, 0.15) is 6.10 Å². The van der Waals surface area contributed by atoms with Crippen molar-refractivity contribution in [3.63, 3.8) is 0 Å². The fraction of sp³-hybridized carbons (Fsp3) is 0.139. The fourth-order valence-electron chi connectivity index (χ4n) is 6.59. The van der Waals surface area contributed by atoms with Gasteiger partial charge in [-0.15, -0.1) is 0 Å². The highest BCUT2D eigenvalue weighted by Crippen LogP contribution is 2.46.